The van der Waals surface area contributed by atoms with Crippen molar-refractivity contribution in [3.05, 3.63) is 11.6 Å². The first-order valence-electron chi connectivity index (χ1n) is 6.94. The van der Waals surface area contributed by atoms with E-state index in [2.05, 4.69) is 0 Å². The quantitative estimate of drug-likeness (QED) is 0.757. The summed E-state index contributed by atoms with van der Waals surface area (Å²) in [5, 5.41) is 0. The minimum atomic E-state index is -0.280. The van der Waals surface area contributed by atoms with Crippen molar-refractivity contribution in [2.75, 3.05) is 13.1 Å². The Morgan fingerprint density at radius 1 is 1.17 bits per heavy atom. The monoisotopic (exact) mass is 250 g/mol. The first kappa shape index (κ1) is 13.1. The highest BCUT2D eigenvalue weighted by molar-refractivity contribution is 5.89. The number of rotatable bonds is 2. The number of nitrogens with zero attached hydrogens (tertiary/aromatic N) is 1. The summed E-state index contributed by atoms with van der Waals surface area (Å²) in [4.78, 5) is 25.1. The summed E-state index contributed by atoms with van der Waals surface area (Å²) in [5.41, 5.74) is 6.59. The van der Waals surface area contributed by atoms with E-state index in [1.807, 2.05) is 0 Å². The van der Waals surface area contributed by atoms with Crippen molar-refractivity contribution in [1.82, 2.24) is 4.90 Å². The summed E-state index contributed by atoms with van der Waals surface area (Å²) in [5.74, 6) is -0.372. The van der Waals surface area contributed by atoms with Crippen LogP contribution in [0.2, 0.25) is 0 Å². The van der Waals surface area contributed by atoms with Crippen molar-refractivity contribution in [2.45, 2.75) is 44.9 Å². The van der Waals surface area contributed by atoms with Crippen LogP contribution in [0.5, 0.6) is 0 Å². The van der Waals surface area contributed by atoms with Gasteiger partial charge in [-0.2, -0.15) is 0 Å². The summed E-state index contributed by atoms with van der Waals surface area (Å²) < 4.78 is 0. The summed E-state index contributed by atoms with van der Waals surface area (Å²) in [6.07, 6.45) is 9.27. The van der Waals surface area contributed by atoms with E-state index >= 15 is 0 Å². The molecule has 0 radical (unpaired) electrons. The third kappa shape index (κ3) is 3.34. The van der Waals surface area contributed by atoms with E-state index in [1.165, 1.54) is 24.8 Å². The second-order valence-corrected chi connectivity index (χ2v) is 5.39. The number of amides is 2. The Hall–Kier alpha value is -1.32. The normalized spacial score (nSPS) is 24.8. The first-order chi connectivity index (χ1) is 8.66. The SMILES string of the molecule is NC(=O)C1CCCN(C(=O)C=C2CCCCC2)C1. The van der Waals surface area contributed by atoms with Gasteiger partial charge in [0, 0.05) is 19.2 Å². The Balaban J connectivity index is 1.93. The van der Waals surface area contributed by atoms with Crippen LogP contribution in [-0.4, -0.2) is 29.8 Å². The lowest BCUT2D eigenvalue weighted by molar-refractivity contribution is -0.130. The molecule has 100 valence electrons. The van der Waals surface area contributed by atoms with Crippen molar-refractivity contribution in [2.24, 2.45) is 11.7 Å². The van der Waals surface area contributed by atoms with Crippen molar-refractivity contribution in [1.29, 1.82) is 0 Å². The van der Waals surface area contributed by atoms with E-state index in [-0.39, 0.29) is 17.7 Å². The van der Waals surface area contributed by atoms with Crippen LogP contribution in [-0.2, 0) is 9.59 Å². The predicted molar refractivity (Wildman–Crippen MR) is 69.7 cm³/mol. The lowest BCUT2D eigenvalue weighted by atomic mass is 9.94. The Kier molecular flexibility index (Phi) is 4.39. The van der Waals surface area contributed by atoms with Crippen molar-refractivity contribution < 1.29 is 9.59 Å². The molecule has 1 atom stereocenters. The largest absolute Gasteiger partial charge is 0.369 e. The van der Waals surface area contributed by atoms with Crippen LogP contribution in [0, 0.1) is 5.92 Å². The minimum Gasteiger partial charge on any atom is -0.369 e. The van der Waals surface area contributed by atoms with Gasteiger partial charge in [0.15, 0.2) is 0 Å². The number of allylic oxidation sites excluding steroid dienone is 1. The molecule has 1 aliphatic carbocycles. The molecular weight excluding hydrogens is 228 g/mol. The van der Waals surface area contributed by atoms with Crippen LogP contribution < -0.4 is 5.73 Å². The summed E-state index contributed by atoms with van der Waals surface area (Å²) in [7, 11) is 0. The van der Waals surface area contributed by atoms with Crippen LogP contribution in [0.15, 0.2) is 11.6 Å². The van der Waals surface area contributed by atoms with Gasteiger partial charge in [-0.1, -0.05) is 12.0 Å². The number of primary amides is 1. The summed E-state index contributed by atoms with van der Waals surface area (Å²) in [6.45, 7) is 1.25. The van der Waals surface area contributed by atoms with Crippen LogP contribution >= 0.6 is 0 Å². The van der Waals surface area contributed by atoms with Gasteiger partial charge in [0.1, 0.15) is 0 Å². The van der Waals surface area contributed by atoms with Gasteiger partial charge in [0.2, 0.25) is 11.8 Å². The minimum absolute atomic E-state index is 0.0675. The van der Waals surface area contributed by atoms with Gasteiger partial charge in [-0.05, 0) is 38.5 Å². The molecule has 4 nitrogen and oxygen atoms in total. The highest BCUT2D eigenvalue weighted by Crippen LogP contribution is 2.23. The number of nitrogens with two attached hydrogens (primary N) is 1. The Morgan fingerprint density at radius 3 is 2.56 bits per heavy atom. The molecule has 2 amide bonds. The fourth-order valence-corrected chi connectivity index (χ4v) is 2.83. The molecule has 1 saturated heterocycles. The number of hydrogen-bond donors (Lipinski definition) is 1. The molecule has 2 aliphatic rings. The van der Waals surface area contributed by atoms with E-state index in [0.717, 1.165) is 32.2 Å². The molecule has 0 spiro atoms. The maximum atomic E-state index is 12.1. The molecular formula is C14H22N2O2. The molecule has 2 rings (SSSR count). The topological polar surface area (TPSA) is 63.4 Å². The zero-order valence-electron chi connectivity index (χ0n) is 10.9. The zero-order valence-corrected chi connectivity index (χ0v) is 10.9. The van der Waals surface area contributed by atoms with E-state index in [0.29, 0.717) is 6.54 Å². The lowest BCUT2D eigenvalue weighted by Gasteiger charge is -2.30. The molecule has 18 heavy (non-hydrogen) atoms. The molecule has 1 aliphatic heterocycles. The Labute approximate surface area is 108 Å². The molecule has 0 aromatic rings. The summed E-state index contributed by atoms with van der Waals surface area (Å²) in [6, 6.07) is 0. The van der Waals surface area contributed by atoms with Crippen molar-refractivity contribution in [3.8, 4) is 0 Å². The highest BCUT2D eigenvalue weighted by Gasteiger charge is 2.26. The van der Waals surface area contributed by atoms with E-state index < -0.39 is 0 Å². The highest BCUT2D eigenvalue weighted by atomic mass is 16.2. The Bertz CT molecular complexity index is 355. The standard InChI is InChI=1S/C14H22N2O2/c15-14(18)12-7-4-8-16(10-12)13(17)9-11-5-2-1-3-6-11/h9,12H,1-8,10H2,(H2,15,18). The molecule has 0 aromatic heterocycles. The number of carbonyl (C=O) groups excluding carboxylic acids is 2. The van der Waals surface area contributed by atoms with Crippen molar-refractivity contribution in [3.63, 3.8) is 0 Å². The molecule has 0 aromatic carbocycles. The van der Waals surface area contributed by atoms with Crippen LogP contribution in [0.1, 0.15) is 44.9 Å². The Morgan fingerprint density at radius 2 is 1.89 bits per heavy atom. The number of likely N-dealkylation sites (tertiary alicyclic amines) is 1. The second-order valence-electron chi connectivity index (χ2n) is 5.39. The molecule has 0 bridgehead atoms. The van der Waals surface area contributed by atoms with E-state index in [1.54, 1.807) is 11.0 Å². The molecule has 1 unspecified atom stereocenters. The third-order valence-electron chi connectivity index (χ3n) is 3.96. The smallest absolute Gasteiger partial charge is 0.246 e. The van der Waals surface area contributed by atoms with Gasteiger partial charge in [0.05, 0.1) is 5.92 Å². The molecule has 4 heteroatoms. The van der Waals surface area contributed by atoms with E-state index in [4.69, 9.17) is 5.73 Å². The fraction of sp³-hybridized carbons (Fsp3) is 0.714. The fourth-order valence-electron chi connectivity index (χ4n) is 2.83. The third-order valence-corrected chi connectivity index (χ3v) is 3.96. The predicted octanol–water partition coefficient (Wildman–Crippen LogP) is 1.60. The number of piperidine rings is 1. The number of hydrogen-bond acceptors (Lipinski definition) is 2. The van der Waals surface area contributed by atoms with Gasteiger partial charge in [0.25, 0.3) is 0 Å². The van der Waals surface area contributed by atoms with Gasteiger partial charge in [-0.25, -0.2) is 0 Å². The van der Waals surface area contributed by atoms with Crippen LogP contribution in [0.4, 0.5) is 0 Å². The van der Waals surface area contributed by atoms with Gasteiger partial charge in [-0.3, -0.25) is 9.59 Å². The molecule has 1 heterocycles. The molecule has 2 fully saturated rings. The lowest BCUT2D eigenvalue weighted by Crippen LogP contribution is -2.43. The zero-order chi connectivity index (χ0) is 13.0. The first-order valence-corrected chi connectivity index (χ1v) is 6.94. The van der Waals surface area contributed by atoms with E-state index in [9.17, 15) is 9.59 Å². The second kappa shape index (κ2) is 6.03. The number of carbonyl (C=O) groups is 2. The molecule has 1 saturated carbocycles. The molecule has 2 N–H and O–H groups in total. The average Bonchev–Trinajstić information content (AvgIpc) is 2.40. The van der Waals surface area contributed by atoms with Crippen LogP contribution in [0.25, 0.3) is 0 Å². The maximum Gasteiger partial charge on any atom is 0.246 e. The maximum absolute atomic E-state index is 12.1. The van der Waals surface area contributed by atoms with Crippen LogP contribution in [0.3, 0.4) is 0 Å². The average molecular weight is 250 g/mol. The van der Waals surface area contributed by atoms with Crippen molar-refractivity contribution >= 4 is 11.8 Å². The van der Waals surface area contributed by atoms with Gasteiger partial charge in [-0.15, -0.1) is 0 Å². The van der Waals surface area contributed by atoms with Gasteiger partial charge >= 0.3 is 0 Å². The van der Waals surface area contributed by atoms with Gasteiger partial charge < -0.3 is 10.6 Å². The summed E-state index contributed by atoms with van der Waals surface area (Å²) >= 11 is 0.